The molecule has 30 heavy (non-hydrogen) atoms. The quantitative estimate of drug-likeness (QED) is 0.697. The molecule has 1 saturated heterocycles. The fourth-order valence-corrected chi connectivity index (χ4v) is 3.54. The van der Waals surface area contributed by atoms with Gasteiger partial charge in [-0.15, -0.1) is 11.8 Å². The summed E-state index contributed by atoms with van der Waals surface area (Å²) >= 11 is 1.64. The van der Waals surface area contributed by atoms with Crippen LogP contribution in [-0.4, -0.2) is 30.5 Å². The van der Waals surface area contributed by atoms with Crippen LogP contribution in [-0.2, 0) is 14.4 Å². The molecule has 1 heterocycles. The van der Waals surface area contributed by atoms with Crippen molar-refractivity contribution in [2.24, 2.45) is 11.3 Å². The minimum absolute atomic E-state index is 0.0572. The van der Waals surface area contributed by atoms with E-state index in [9.17, 15) is 14.4 Å². The Morgan fingerprint density at radius 3 is 2.27 bits per heavy atom. The van der Waals surface area contributed by atoms with Crippen LogP contribution < -0.4 is 15.5 Å². The first-order valence-electron chi connectivity index (χ1n) is 9.84. The molecular weight excluding hydrogens is 398 g/mol. The number of carbonyl (C=O) groups is 3. The van der Waals surface area contributed by atoms with Gasteiger partial charge in [0.15, 0.2) is 0 Å². The minimum Gasteiger partial charge on any atom is -0.326 e. The molecule has 1 unspecified atom stereocenters. The number of nitrogens with one attached hydrogen (secondary N) is 2. The Hall–Kier alpha value is -2.80. The molecule has 6 nitrogen and oxygen atoms in total. The summed E-state index contributed by atoms with van der Waals surface area (Å²) < 4.78 is 0. The molecule has 1 aliphatic rings. The van der Waals surface area contributed by atoms with Crippen LogP contribution in [0.2, 0.25) is 0 Å². The number of hydrogen-bond acceptors (Lipinski definition) is 4. The summed E-state index contributed by atoms with van der Waals surface area (Å²) in [4.78, 5) is 40.2. The zero-order valence-corrected chi connectivity index (χ0v) is 18.5. The first-order valence-corrected chi connectivity index (χ1v) is 11.1. The first kappa shape index (κ1) is 21.9. The first-order chi connectivity index (χ1) is 14.2. The molecule has 2 aromatic carbocycles. The van der Waals surface area contributed by atoms with Crippen molar-refractivity contribution in [3.63, 3.8) is 0 Å². The summed E-state index contributed by atoms with van der Waals surface area (Å²) in [5, 5.41) is 5.73. The van der Waals surface area contributed by atoms with Crippen molar-refractivity contribution in [3.05, 3.63) is 48.5 Å². The molecule has 1 fully saturated rings. The van der Waals surface area contributed by atoms with Crippen molar-refractivity contribution in [2.45, 2.75) is 32.1 Å². The number of anilines is 3. The summed E-state index contributed by atoms with van der Waals surface area (Å²) in [5.74, 6) is -0.787. The molecule has 0 aliphatic carbocycles. The van der Waals surface area contributed by atoms with Crippen LogP contribution in [0.5, 0.6) is 0 Å². The van der Waals surface area contributed by atoms with Crippen molar-refractivity contribution < 1.29 is 14.4 Å². The van der Waals surface area contributed by atoms with E-state index in [4.69, 9.17) is 0 Å². The molecule has 158 valence electrons. The number of benzene rings is 2. The van der Waals surface area contributed by atoms with E-state index in [0.717, 1.165) is 10.6 Å². The standard InChI is InChI=1S/C23H27N3O3S/c1-23(2,3)22(29)25-17-7-5-6-16(13-17)24-21(28)15-12-20(27)26(14-15)18-8-10-19(30-4)11-9-18/h5-11,13,15H,12,14H2,1-4H3,(H,24,28)(H,25,29). The van der Waals surface area contributed by atoms with Crippen molar-refractivity contribution in [3.8, 4) is 0 Å². The third-order valence-corrected chi connectivity index (χ3v) is 5.69. The van der Waals surface area contributed by atoms with Gasteiger partial charge in [-0.05, 0) is 48.7 Å². The molecule has 2 N–H and O–H groups in total. The average molecular weight is 426 g/mol. The highest BCUT2D eigenvalue weighted by Gasteiger charge is 2.35. The zero-order valence-electron chi connectivity index (χ0n) is 17.7. The SMILES string of the molecule is CSc1ccc(N2CC(C(=O)Nc3cccc(NC(=O)C(C)(C)C)c3)CC2=O)cc1. The highest BCUT2D eigenvalue weighted by Crippen LogP contribution is 2.28. The maximum Gasteiger partial charge on any atom is 0.229 e. The molecule has 2 aromatic rings. The Balaban J connectivity index is 1.64. The highest BCUT2D eigenvalue weighted by molar-refractivity contribution is 7.98. The normalized spacial score (nSPS) is 16.5. The highest BCUT2D eigenvalue weighted by atomic mass is 32.2. The summed E-state index contributed by atoms with van der Waals surface area (Å²) in [7, 11) is 0. The van der Waals surface area contributed by atoms with Crippen LogP contribution in [0.15, 0.2) is 53.4 Å². The Kier molecular flexibility index (Phi) is 6.51. The van der Waals surface area contributed by atoms with Crippen LogP contribution >= 0.6 is 11.8 Å². The predicted octanol–water partition coefficient (Wildman–Crippen LogP) is 4.38. The van der Waals surface area contributed by atoms with Crippen molar-refractivity contribution >= 4 is 46.5 Å². The maximum absolute atomic E-state index is 12.7. The topological polar surface area (TPSA) is 78.5 Å². The molecule has 0 radical (unpaired) electrons. The van der Waals surface area contributed by atoms with Gasteiger partial charge in [-0.25, -0.2) is 0 Å². The van der Waals surface area contributed by atoms with Crippen LogP contribution in [0.25, 0.3) is 0 Å². The minimum atomic E-state index is -0.513. The summed E-state index contributed by atoms with van der Waals surface area (Å²) in [6.07, 6.45) is 2.18. The largest absolute Gasteiger partial charge is 0.326 e. The van der Waals surface area contributed by atoms with E-state index in [1.165, 1.54) is 0 Å². The third kappa shape index (κ3) is 5.21. The molecule has 3 rings (SSSR count). The van der Waals surface area contributed by atoms with Gasteiger partial charge in [0, 0.05) is 40.3 Å². The van der Waals surface area contributed by atoms with Crippen molar-refractivity contribution in [1.29, 1.82) is 0 Å². The van der Waals surface area contributed by atoms with E-state index in [0.29, 0.717) is 17.9 Å². The van der Waals surface area contributed by atoms with E-state index in [1.54, 1.807) is 40.9 Å². The van der Waals surface area contributed by atoms with Crippen molar-refractivity contribution in [1.82, 2.24) is 0 Å². The smallest absolute Gasteiger partial charge is 0.229 e. The molecule has 3 amide bonds. The van der Waals surface area contributed by atoms with E-state index in [1.807, 2.05) is 51.3 Å². The second-order valence-corrected chi connectivity index (χ2v) is 9.26. The molecule has 7 heteroatoms. The van der Waals surface area contributed by atoms with Crippen molar-refractivity contribution in [2.75, 3.05) is 28.3 Å². The van der Waals surface area contributed by atoms with Gasteiger partial charge in [-0.1, -0.05) is 26.8 Å². The summed E-state index contributed by atoms with van der Waals surface area (Å²) in [6.45, 7) is 5.87. The van der Waals surface area contributed by atoms with E-state index < -0.39 is 11.3 Å². The second kappa shape index (κ2) is 8.92. The second-order valence-electron chi connectivity index (χ2n) is 8.38. The maximum atomic E-state index is 12.7. The van der Waals surface area contributed by atoms with Gasteiger partial charge in [0.05, 0.1) is 5.92 Å². The predicted molar refractivity (Wildman–Crippen MR) is 122 cm³/mol. The lowest BCUT2D eigenvalue weighted by molar-refractivity contribution is -0.123. The molecule has 1 atom stereocenters. The summed E-state index contributed by atoms with van der Waals surface area (Å²) in [5.41, 5.74) is 1.49. The lowest BCUT2D eigenvalue weighted by atomic mass is 9.95. The molecular formula is C23H27N3O3S. The summed E-state index contributed by atoms with van der Waals surface area (Å²) in [6, 6.07) is 14.8. The number of rotatable bonds is 5. The van der Waals surface area contributed by atoms with Crippen LogP contribution in [0, 0.1) is 11.3 Å². The lowest BCUT2D eigenvalue weighted by Crippen LogP contribution is -2.28. The van der Waals surface area contributed by atoms with Gasteiger partial charge >= 0.3 is 0 Å². The van der Waals surface area contributed by atoms with Gasteiger partial charge < -0.3 is 15.5 Å². The Morgan fingerprint density at radius 1 is 1.03 bits per heavy atom. The number of carbonyl (C=O) groups excluding carboxylic acids is 3. The van der Waals surface area contributed by atoms with Crippen LogP contribution in [0.3, 0.4) is 0 Å². The van der Waals surface area contributed by atoms with Gasteiger partial charge in [0.1, 0.15) is 0 Å². The van der Waals surface area contributed by atoms with E-state index >= 15 is 0 Å². The van der Waals surface area contributed by atoms with E-state index in [-0.39, 0.29) is 24.1 Å². The Bertz CT molecular complexity index is 951. The molecule has 0 aromatic heterocycles. The van der Waals surface area contributed by atoms with Gasteiger partial charge in [-0.2, -0.15) is 0 Å². The Labute approximate surface area is 181 Å². The third-order valence-electron chi connectivity index (χ3n) is 4.95. The van der Waals surface area contributed by atoms with Gasteiger partial charge in [0.25, 0.3) is 0 Å². The zero-order chi connectivity index (χ0) is 21.9. The lowest BCUT2D eigenvalue weighted by Gasteiger charge is -2.18. The number of thioether (sulfide) groups is 1. The molecule has 0 bridgehead atoms. The monoisotopic (exact) mass is 425 g/mol. The van der Waals surface area contributed by atoms with Gasteiger partial charge in [0.2, 0.25) is 17.7 Å². The fraction of sp³-hybridized carbons (Fsp3) is 0.348. The fourth-order valence-electron chi connectivity index (χ4n) is 3.13. The molecule has 0 saturated carbocycles. The Morgan fingerprint density at radius 2 is 1.67 bits per heavy atom. The van der Waals surface area contributed by atoms with Crippen LogP contribution in [0.4, 0.5) is 17.1 Å². The van der Waals surface area contributed by atoms with E-state index in [2.05, 4.69) is 10.6 Å². The van der Waals surface area contributed by atoms with Gasteiger partial charge in [-0.3, -0.25) is 14.4 Å². The molecule has 0 spiro atoms. The average Bonchev–Trinajstić information content (AvgIpc) is 3.09. The molecule has 1 aliphatic heterocycles. The number of hydrogen-bond donors (Lipinski definition) is 2. The number of amides is 3. The number of nitrogens with zero attached hydrogens (tertiary/aromatic N) is 1. The van der Waals surface area contributed by atoms with Crippen LogP contribution in [0.1, 0.15) is 27.2 Å².